The number of nitrogens with zero attached hydrogens (tertiary/aromatic N) is 2. The molecular weight excluding hydrogens is 532 g/mol. The summed E-state index contributed by atoms with van der Waals surface area (Å²) in [4.78, 5) is 28.7. The molecule has 1 aliphatic rings. The number of anilines is 1. The highest BCUT2D eigenvalue weighted by Crippen LogP contribution is 2.31. The lowest BCUT2D eigenvalue weighted by molar-refractivity contribution is -0.118. The van der Waals surface area contributed by atoms with Crippen molar-refractivity contribution in [1.29, 1.82) is 0 Å². The third-order valence-electron chi connectivity index (χ3n) is 7.53. The Balaban J connectivity index is 1.51. The van der Waals surface area contributed by atoms with Gasteiger partial charge in [-0.05, 0) is 35.3 Å². The van der Waals surface area contributed by atoms with Crippen LogP contribution in [0.1, 0.15) is 23.5 Å². The van der Waals surface area contributed by atoms with Crippen molar-refractivity contribution < 1.29 is 24.2 Å². The fraction of sp³-hybridized carbons (Fsp3) is 0.333. The predicted octanol–water partition coefficient (Wildman–Crippen LogP) is 4.67. The maximum absolute atomic E-state index is 13.8. The molecule has 1 heterocycles. The molecule has 222 valence electrons. The molecule has 3 aromatic carbocycles. The maximum Gasteiger partial charge on any atom is 0.407 e. The van der Waals surface area contributed by atoms with Gasteiger partial charge in [0.05, 0.1) is 20.3 Å². The highest BCUT2D eigenvalue weighted by atomic mass is 16.5. The molecule has 1 aliphatic heterocycles. The van der Waals surface area contributed by atoms with E-state index < -0.39 is 12.1 Å². The number of carbonyl (C=O) groups is 2. The minimum atomic E-state index is -0.884. The zero-order chi connectivity index (χ0) is 29.9. The highest BCUT2D eigenvalue weighted by molar-refractivity contribution is 5.95. The number of hydrogen-bond donors (Lipinski definition) is 3. The summed E-state index contributed by atoms with van der Waals surface area (Å²) in [5.41, 5.74) is 3.79. The van der Waals surface area contributed by atoms with Crippen molar-refractivity contribution in [3.8, 4) is 11.5 Å². The fourth-order valence-electron chi connectivity index (χ4n) is 5.23. The smallest absolute Gasteiger partial charge is 0.407 e. The van der Waals surface area contributed by atoms with Crippen molar-refractivity contribution in [2.75, 3.05) is 58.8 Å². The second-order valence-corrected chi connectivity index (χ2v) is 10.4. The zero-order valence-electron chi connectivity index (χ0n) is 24.3. The first-order valence-electron chi connectivity index (χ1n) is 14.1. The third kappa shape index (κ3) is 8.34. The SMILES string of the molecule is C=C(CNC(CC(c1ccccc1)c1ccccc1)C(=O)Nc1ccc(OC)c(OC)c1)CN1CCN(C(=O)O)CC1. The fourth-order valence-corrected chi connectivity index (χ4v) is 5.23. The molecule has 42 heavy (non-hydrogen) atoms. The molecule has 9 heteroatoms. The van der Waals surface area contributed by atoms with Crippen molar-refractivity contribution in [3.63, 3.8) is 0 Å². The van der Waals surface area contributed by atoms with Crippen LogP contribution in [0.5, 0.6) is 11.5 Å². The second kappa shape index (κ2) is 15.0. The van der Waals surface area contributed by atoms with Gasteiger partial charge in [0.2, 0.25) is 5.91 Å². The van der Waals surface area contributed by atoms with Gasteiger partial charge in [0.1, 0.15) is 0 Å². The number of rotatable bonds is 13. The van der Waals surface area contributed by atoms with Crippen LogP contribution in [0.3, 0.4) is 0 Å². The quantitative estimate of drug-likeness (QED) is 0.256. The summed E-state index contributed by atoms with van der Waals surface area (Å²) in [5, 5.41) is 15.8. The Kier molecular flexibility index (Phi) is 11.0. The topological polar surface area (TPSA) is 103 Å². The Labute approximate surface area is 247 Å². The Morgan fingerprint density at radius 2 is 1.48 bits per heavy atom. The first-order chi connectivity index (χ1) is 20.4. The van der Waals surface area contributed by atoms with E-state index in [1.165, 1.54) is 4.90 Å². The minimum Gasteiger partial charge on any atom is -0.493 e. The van der Waals surface area contributed by atoms with Gasteiger partial charge in [-0.15, -0.1) is 0 Å². The van der Waals surface area contributed by atoms with Crippen LogP contribution < -0.4 is 20.1 Å². The molecule has 0 bridgehead atoms. The summed E-state index contributed by atoms with van der Waals surface area (Å²) in [6.07, 6.45) is -0.359. The van der Waals surface area contributed by atoms with E-state index in [9.17, 15) is 14.7 Å². The van der Waals surface area contributed by atoms with Crippen LogP contribution in [0.2, 0.25) is 0 Å². The summed E-state index contributed by atoms with van der Waals surface area (Å²) in [6.45, 7) is 7.59. The maximum atomic E-state index is 13.8. The van der Waals surface area contributed by atoms with E-state index in [1.807, 2.05) is 36.4 Å². The molecule has 4 rings (SSSR count). The average Bonchev–Trinajstić information content (AvgIpc) is 3.02. The third-order valence-corrected chi connectivity index (χ3v) is 7.53. The van der Waals surface area contributed by atoms with E-state index in [-0.39, 0.29) is 11.8 Å². The lowest BCUT2D eigenvalue weighted by Crippen LogP contribution is -2.49. The largest absolute Gasteiger partial charge is 0.493 e. The predicted molar refractivity (Wildman–Crippen MR) is 164 cm³/mol. The second-order valence-electron chi connectivity index (χ2n) is 10.4. The molecule has 2 amide bonds. The van der Waals surface area contributed by atoms with Crippen molar-refractivity contribution in [3.05, 3.63) is 102 Å². The van der Waals surface area contributed by atoms with Gasteiger partial charge < -0.3 is 30.1 Å². The summed E-state index contributed by atoms with van der Waals surface area (Å²) < 4.78 is 10.8. The van der Waals surface area contributed by atoms with Crippen LogP contribution in [-0.2, 0) is 4.79 Å². The van der Waals surface area contributed by atoms with Crippen molar-refractivity contribution in [2.45, 2.75) is 18.4 Å². The standard InChI is InChI=1S/C33H40N4O5/c1-24(23-36-16-18-37(19-17-36)33(39)40)22-34-29(32(38)35-27-14-15-30(41-2)31(20-27)42-3)21-28(25-10-6-4-7-11-25)26-12-8-5-9-13-26/h4-15,20,28-29,34H,1,16-19,21-23H2,2-3H3,(H,35,38)(H,39,40). The van der Waals surface area contributed by atoms with Gasteiger partial charge in [0.15, 0.2) is 11.5 Å². The molecule has 0 aliphatic carbocycles. The lowest BCUT2D eigenvalue weighted by atomic mass is 9.85. The monoisotopic (exact) mass is 572 g/mol. The summed E-state index contributed by atoms with van der Waals surface area (Å²) >= 11 is 0. The molecule has 3 aromatic rings. The number of nitrogens with one attached hydrogen (secondary N) is 2. The molecule has 1 unspecified atom stereocenters. The van der Waals surface area contributed by atoms with Crippen LogP contribution in [0.4, 0.5) is 10.5 Å². The number of hydrogen-bond acceptors (Lipinski definition) is 6. The number of benzene rings is 3. The van der Waals surface area contributed by atoms with Crippen molar-refractivity contribution in [2.24, 2.45) is 0 Å². The number of ether oxygens (including phenoxy) is 2. The molecule has 3 N–H and O–H groups in total. The van der Waals surface area contributed by atoms with E-state index in [0.29, 0.717) is 62.9 Å². The van der Waals surface area contributed by atoms with E-state index in [4.69, 9.17) is 9.47 Å². The van der Waals surface area contributed by atoms with Gasteiger partial charge in [-0.3, -0.25) is 9.69 Å². The van der Waals surface area contributed by atoms with Crippen LogP contribution in [0.15, 0.2) is 91.0 Å². The normalized spacial score (nSPS) is 14.3. The van der Waals surface area contributed by atoms with E-state index >= 15 is 0 Å². The van der Waals surface area contributed by atoms with Crippen LogP contribution in [0, 0.1) is 0 Å². The van der Waals surface area contributed by atoms with Gasteiger partial charge in [0, 0.05) is 56.9 Å². The van der Waals surface area contributed by atoms with Crippen molar-refractivity contribution >= 4 is 17.7 Å². The van der Waals surface area contributed by atoms with Crippen molar-refractivity contribution in [1.82, 2.24) is 15.1 Å². The van der Waals surface area contributed by atoms with E-state index in [1.54, 1.807) is 32.4 Å². The average molecular weight is 573 g/mol. The molecule has 0 aromatic heterocycles. The number of amides is 2. The number of carboxylic acid groups (broad SMARTS) is 1. The van der Waals surface area contributed by atoms with Crippen LogP contribution in [-0.4, -0.2) is 86.4 Å². The number of methoxy groups -OCH3 is 2. The molecule has 1 atom stereocenters. The van der Waals surface area contributed by atoms with E-state index in [2.05, 4.69) is 46.4 Å². The minimum absolute atomic E-state index is 0.0154. The Morgan fingerprint density at radius 1 is 0.881 bits per heavy atom. The van der Waals surface area contributed by atoms with Crippen LogP contribution in [0.25, 0.3) is 0 Å². The number of carbonyl (C=O) groups excluding carboxylic acids is 1. The highest BCUT2D eigenvalue weighted by Gasteiger charge is 2.26. The molecule has 1 fully saturated rings. The number of piperazine rings is 1. The first-order valence-corrected chi connectivity index (χ1v) is 14.1. The Bertz CT molecular complexity index is 1290. The van der Waals surface area contributed by atoms with Gasteiger partial charge in [0.25, 0.3) is 0 Å². The zero-order valence-corrected chi connectivity index (χ0v) is 24.3. The van der Waals surface area contributed by atoms with E-state index in [0.717, 1.165) is 16.7 Å². The Hall–Kier alpha value is -4.34. The molecule has 9 nitrogen and oxygen atoms in total. The Morgan fingerprint density at radius 3 is 2.02 bits per heavy atom. The molecule has 1 saturated heterocycles. The molecule has 0 spiro atoms. The molecular formula is C33H40N4O5. The summed E-state index contributed by atoms with van der Waals surface area (Å²) in [7, 11) is 3.13. The van der Waals surface area contributed by atoms with Gasteiger partial charge in [-0.2, -0.15) is 0 Å². The first kappa shape index (κ1) is 30.6. The summed E-state index contributed by atoms with van der Waals surface area (Å²) in [5.74, 6) is 0.932. The van der Waals surface area contributed by atoms with Gasteiger partial charge >= 0.3 is 6.09 Å². The molecule has 0 saturated carbocycles. The van der Waals surface area contributed by atoms with Gasteiger partial charge in [-0.1, -0.05) is 67.2 Å². The lowest BCUT2D eigenvalue weighted by Gasteiger charge is -2.33. The van der Waals surface area contributed by atoms with Crippen LogP contribution >= 0.6 is 0 Å². The van der Waals surface area contributed by atoms with Gasteiger partial charge in [-0.25, -0.2) is 4.79 Å². The summed E-state index contributed by atoms with van der Waals surface area (Å²) in [6, 6.07) is 25.2. The molecule has 0 radical (unpaired) electrons.